The molecule has 2 atom stereocenters. The van der Waals surface area contributed by atoms with Crippen molar-refractivity contribution in [3.8, 4) is 0 Å². The summed E-state index contributed by atoms with van der Waals surface area (Å²) in [6, 6.07) is 13.3. The third-order valence-corrected chi connectivity index (χ3v) is 5.74. The van der Waals surface area contributed by atoms with E-state index in [0.717, 1.165) is 0 Å². The molecule has 0 radical (unpaired) electrons. The van der Waals surface area contributed by atoms with Crippen molar-refractivity contribution in [3.63, 3.8) is 0 Å². The molecular weight excluding hydrogens is 390 g/mol. The van der Waals surface area contributed by atoms with E-state index >= 15 is 0 Å². The van der Waals surface area contributed by atoms with Gasteiger partial charge in [-0.25, -0.2) is 8.78 Å². The van der Waals surface area contributed by atoms with E-state index in [1.165, 1.54) is 12.1 Å². The third-order valence-electron chi connectivity index (χ3n) is 5.74. The molecule has 0 aromatic heterocycles. The zero-order valence-corrected chi connectivity index (χ0v) is 16.9. The number of benzene rings is 2. The number of ether oxygens (including phenoxy) is 2. The van der Waals surface area contributed by atoms with Gasteiger partial charge < -0.3 is 14.6 Å². The van der Waals surface area contributed by atoms with Crippen LogP contribution in [-0.2, 0) is 9.47 Å². The Morgan fingerprint density at radius 1 is 0.800 bits per heavy atom. The second-order valence-corrected chi connectivity index (χ2v) is 7.93. The van der Waals surface area contributed by atoms with Crippen LogP contribution >= 0.6 is 0 Å². The molecule has 162 valence electrons. The first-order valence-corrected chi connectivity index (χ1v) is 10.4. The lowest BCUT2D eigenvalue weighted by molar-refractivity contribution is -0.0613. The molecule has 0 amide bonds. The molecule has 4 rings (SSSR count). The number of aliphatic hydroxyl groups is 1. The molecule has 2 unspecified atom stereocenters. The van der Waals surface area contributed by atoms with Crippen LogP contribution in [0.5, 0.6) is 0 Å². The van der Waals surface area contributed by atoms with Gasteiger partial charge in [0.1, 0.15) is 11.6 Å². The fourth-order valence-corrected chi connectivity index (χ4v) is 4.24. The predicted octanol–water partition coefficient (Wildman–Crippen LogP) is 2.77. The summed E-state index contributed by atoms with van der Waals surface area (Å²) in [7, 11) is 0. The zero-order valence-electron chi connectivity index (χ0n) is 16.9. The molecule has 2 heterocycles. The maximum atomic E-state index is 14.1. The van der Waals surface area contributed by atoms with Crippen molar-refractivity contribution >= 4 is 0 Å². The van der Waals surface area contributed by atoms with Crippen LogP contribution in [-0.4, -0.2) is 73.5 Å². The Hall–Kier alpha value is -1.90. The molecule has 0 bridgehead atoms. The van der Waals surface area contributed by atoms with Gasteiger partial charge in [0.05, 0.1) is 31.5 Å². The predicted molar refractivity (Wildman–Crippen MR) is 109 cm³/mol. The van der Waals surface area contributed by atoms with Crippen molar-refractivity contribution in [3.05, 3.63) is 71.3 Å². The van der Waals surface area contributed by atoms with Crippen LogP contribution in [0.2, 0.25) is 0 Å². The fourth-order valence-electron chi connectivity index (χ4n) is 4.24. The maximum absolute atomic E-state index is 14.1. The van der Waals surface area contributed by atoms with Gasteiger partial charge in [0, 0.05) is 50.4 Å². The first kappa shape index (κ1) is 21.3. The molecule has 2 aliphatic heterocycles. The minimum Gasteiger partial charge on any atom is -0.390 e. The van der Waals surface area contributed by atoms with Crippen LogP contribution in [0.15, 0.2) is 48.5 Å². The number of nitrogens with zero attached hydrogens (tertiary/aromatic N) is 2. The highest BCUT2D eigenvalue weighted by atomic mass is 19.1. The molecule has 0 saturated carbocycles. The van der Waals surface area contributed by atoms with Crippen molar-refractivity contribution in [2.24, 2.45) is 0 Å². The van der Waals surface area contributed by atoms with Gasteiger partial charge in [-0.05, 0) is 12.1 Å². The van der Waals surface area contributed by atoms with E-state index in [1.54, 1.807) is 36.4 Å². The van der Waals surface area contributed by atoms with Crippen LogP contribution in [0, 0.1) is 11.6 Å². The van der Waals surface area contributed by atoms with Crippen LogP contribution < -0.4 is 0 Å². The van der Waals surface area contributed by atoms with E-state index in [9.17, 15) is 13.9 Å². The molecule has 0 aliphatic carbocycles. The summed E-state index contributed by atoms with van der Waals surface area (Å²) in [5.41, 5.74) is 1.11. The normalized spacial score (nSPS) is 24.6. The van der Waals surface area contributed by atoms with Crippen molar-refractivity contribution in [2.75, 3.05) is 52.5 Å². The highest BCUT2D eigenvalue weighted by Gasteiger charge is 2.28. The lowest BCUT2D eigenvalue weighted by atomic mass is 10.1. The average Bonchev–Trinajstić information content (AvgIpc) is 2.75. The number of β-amino-alcohol motifs (C(OH)–C–C–N with tert-alkyl or cyclic N) is 1. The molecule has 1 N–H and O–H groups in total. The molecule has 0 spiro atoms. The molecule has 2 aliphatic rings. The van der Waals surface area contributed by atoms with E-state index in [-0.39, 0.29) is 23.8 Å². The summed E-state index contributed by atoms with van der Waals surface area (Å²) >= 11 is 0. The largest absolute Gasteiger partial charge is 0.390 e. The van der Waals surface area contributed by atoms with Gasteiger partial charge in [-0.1, -0.05) is 36.4 Å². The van der Waals surface area contributed by atoms with Crippen molar-refractivity contribution in [1.29, 1.82) is 0 Å². The van der Waals surface area contributed by atoms with Crippen LogP contribution in [0.4, 0.5) is 8.78 Å². The van der Waals surface area contributed by atoms with Crippen molar-refractivity contribution in [2.45, 2.75) is 18.3 Å². The van der Waals surface area contributed by atoms with Gasteiger partial charge in [0.2, 0.25) is 0 Å². The second-order valence-electron chi connectivity index (χ2n) is 7.93. The van der Waals surface area contributed by atoms with Crippen molar-refractivity contribution in [1.82, 2.24) is 9.80 Å². The summed E-state index contributed by atoms with van der Waals surface area (Å²) in [4.78, 5) is 4.22. The topological polar surface area (TPSA) is 45.2 Å². The first-order valence-electron chi connectivity index (χ1n) is 10.4. The Morgan fingerprint density at radius 3 is 1.67 bits per heavy atom. The number of rotatable bonds is 6. The smallest absolute Gasteiger partial charge is 0.129 e. The van der Waals surface area contributed by atoms with Crippen LogP contribution in [0.3, 0.4) is 0 Å². The molecule has 7 heteroatoms. The molecular formula is C23H28F2N2O3. The van der Waals surface area contributed by atoms with E-state index in [4.69, 9.17) is 9.47 Å². The molecule has 2 aromatic rings. The number of hydrogen-bond donors (Lipinski definition) is 1. The van der Waals surface area contributed by atoms with Crippen molar-refractivity contribution < 1.29 is 23.4 Å². The molecule has 2 fully saturated rings. The van der Waals surface area contributed by atoms with E-state index in [1.807, 2.05) is 0 Å². The molecule has 30 heavy (non-hydrogen) atoms. The Labute approximate surface area is 175 Å². The summed E-state index contributed by atoms with van der Waals surface area (Å²) in [5, 5.41) is 10.7. The van der Waals surface area contributed by atoms with Gasteiger partial charge >= 0.3 is 0 Å². The maximum Gasteiger partial charge on any atom is 0.129 e. The Kier molecular flexibility index (Phi) is 7.07. The average molecular weight is 418 g/mol. The zero-order chi connectivity index (χ0) is 20.9. The highest BCUT2D eigenvalue weighted by Crippen LogP contribution is 2.26. The molecule has 2 saturated heterocycles. The highest BCUT2D eigenvalue weighted by molar-refractivity contribution is 5.21. The number of halogens is 2. The van der Waals surface area contributed by atoms with Gasteiger partial charge in [0.25, 0.3) is 0 Å². The Bertz CT molecular complexity index is 770. The summed E-state index contributed by atoms with van der Waals surface area (Å²) < 4.78 is 39.7. The molecule has 5 nitrogen and oxygen atoms in total. The Balaban J connectivity index is 1.30. The summed E-state index contributed by atoms with van der Waals surface area (Å²) in [6.07, 6.45) is -1.23. The molecule has 2 aromatic carbocycles. The monoisotopic (exact) mass is 418 g/mol. The number of morpholine rings is 2. The SMILES string of the molecule is OC(CN1CCOC(c2ccccc2F)C1)CN1CCOC(c2ccccc2F)C1. The minimum absolute atomic E-state index is 0.266. The summed E-state index contributed by atoms with van der Waals surface area (Å²) in [6.45, 7) is 4.44. The lowest BCUT2D eigenvalue weighted by Gasteiger charge is -2.37. The second kappa shape index (κ2) is 9.94. The lowest BCUT2D eigenvalue weighted by Crippen LogP contribution is -2.48. The third kappa shape index (κ3) is 5.22. The van der Waals surface area contributed by atoms with Crippen LogP contribution in [0.1, 0.15) is 23.3 Å². The van der Waals surface area contributed by atoms with Gasteiger partial charge in [-0.2, -0.15) is 0 Å². The quantitative estimate of drug-likeness (QED) is 0.782. The van der Waals surface area contributed by atoms with Gasteiger partial charge in [0.15, 0.2) is 0 Å². The van der Waals surface area contributed by atoms with Gasteiger partial charge in [-0.3, -0.25) is 9.80 Å². The van der Waals surface area contributed by atoms with E-state index in [2.05, 4.69) is 9.80 Å². The standard InChI is InChI=1S/C23H28F2N2O3/c24-20-7-3-1-5-18(20)22-15-26(9-11-29-22)13-17(28)14-27-10-12-30-23(16-27)19-6-2-4-8-21(19)25/h1-8,17,22-23,28H,9-16H2. The first-order chi connectivity index (χ1) is 14.6. The van der Waals surface area contributed by atoms with E-state index < -0.39 is 6.10 Å². The van der Waals surface area contributed by atoms with Gasteiger partial charge in [-0.15, -0.1) is 0 Å². The van der Waals surface area contributed by atoms with Crippen LogP contribution in [0.25, 0.3) is 0 Å². The van der Waals surface area contributed by atoms with E-state index in [0.29, 0.717) is 63.6 Å². The number of aliphatic hydroxyl groups excluding tert-OH is 1. The number of hydrogen-bond acceptors (Lipinski definition) is 5. The minimum atomic E-state index is -0.566. The summed E-state index contributed by atoms with van der Waals surface area (Å²) in [5.74, 6) is -0.533. The Morgan fingerprint density at radius 2 is 1.23 bits per heavy atom. The fraction of sp³-hybridized carbons (Fsp3) is 0.478.